The number of nitro groups is 1. The number of hydrogen-bond donors (Lipinski definition) is 1. The van der Waals surface area contributed by atoms with E-state index in [0.29, 0.717) is 10.0 Å². The number of hydrazine groups is 1. The topological polar surface area (TPSA) is 110 Å². The number of hydrogen-bond acceptors (Lipinski definition) is 6. The third-order valence-electron chi connectivity index (χ3n) is 3.51. The predicted octanol–water partition coefficient (Wildman–Crippen LogP) is 2.67. The summed E-state index contributed by atoms with van der Waals surface area (Å²) in [6.07, 6.45) is 0. The fourth-order valence-corrected chi connectivity index (χ4v) is 3.17. The number of fused-ring (bicyclic) bond motifs is 1. The summed E-state index contributed by atoms with van der Waals surface area (Å²) in [5.74, 6) is -2.39. The molecule has 2 aromatic carbocycles. The van der Waals surface area contributed by atoms with Gasteiger partial charge in [0.2, 0.25) is 5.91 Å². The maximum Gasteiger partial charge on any atom is 0.287 e. The SMILES string of the molecule is O=C(CSc1ccc(Cl)cc1)NN1C(=O)c2cccc([N+](=O)[O-])c2C1=O. The number of nitrogens with one attached hydrogen (secondary N) is 1. The minimum absolute atomic E-state index is 0.0584. The molecule has 1 aliphatic heterocycles. The first-order valence-corrected chi connectivity index (χ1v) is 8.59. The quantitative estimate of drug-likeness (QED) is 0.363. The number of amides is 3. The first kappa shape index (κ1) is 17.9. The van der Waals surface area contributed by atoms with E-state index in [4.69, 9.17) is 11.6 Å². The van der Waals surface area contributed by atoms with Crippen LogP contribution in [-0.2, 0) is 4.79 Å². The summed E-state index contributed by atoms with van der Waals surface area (Å²) < 4.78 is 0. The second-order valence-electron chi connectivity index (χ2n) is 5.18. The smallest absolute Gasteiger partial charge is 0.272 e. The van der Waals surface area contributed by atoms with Gasteiger partial charge in [-0.2, -0.15) is 5.01 Å². The van der Waals surface area contributed by atoms with Crippen LogP contribution in [-0.4, -0.2) is 33.4 Å². The Hall–Kier alpha value is -2.91. The number of carbonyl (C=O) groups is 3. The molecule has 0 fully saturated rings. The third-order valence-corrected chi connectivity index (χ3v) is 4.77. The van der Waals surface area contributed by atoms with Gasteiger partial charge in [0.15, 0.2) is 0 Å². The Bertz CT molecular complexity index is 932. The Morgan fingerprint density at radius 3 is 2.50 bits per heavy atom. The molecule has 0 saturated carbocycles. The molecule has 3 rings (SSSR count). The molecule has 0 radical (unpaired) electrons. The number of benzene rings is 2. The Morgan fingerprint density at radius 1 is 1.15 bits per heavy atom. The fourth-order valence-electron chi connectivity index (χ4n) is 2.36. The monoisotopic (exact) mass is 391 g/mol. The van der Waals surface area contributed by atoms with Gasteiger partial charge in [-0.15, -0.1) is 11.8 Å². The first-order chi connectivity index (χ1) is 12.4. The molecule has 1 heterocycles. The molecular weight excluding hydrogens is 382 g/mol. The van der Waals surface area contributed by atoms with Crippen molar-refractivity contribution in [2.45, 2.75) is 4.90 Å². The van der Waals surface area contributed by atoms with Gasteiger partial charge in [0, 0.05) is 16.0 Å². The van der Waals surface area contributed by atoms with E-state index in [2.05, 4.69) is 5.43 Å². The van der Waals surface area contributed by atoms with E-state index in [1.807, 2.05) is 0 Å². The molecule has 10 heteroatoms. The highest BCUT2D eigenvalue weighted by molar-refractivity contribution is 8.00. The first-order valence-electron chi connectivity index (χ1n) is 7.22. The molecule has 1 N–H and O–H groups in total. The summed E-state index contributed by atoms with van der Waals surface area (Å²) in [4.78, 5) is 47.8. The molecule has 1 aliphatic rings. The van der Waals surface area contributed by atoms with Gasteiger partial charge in [-0.3, -0.25) is 29.9 Å². The van der Waals surface area contributed by atoms with Gasteiger partial charge >= 0.3 is 0 Å². The van der Waals surface area contributed by atoms with Crippen molar-refractivity contribution in [3.05, 3.63) is 68.7 Å². The molecule has 0 saturated heterocycles. The van der Waals surface area contributed by atoms with Gasteiger partial charge in [-0.1, -0.05) is 17.7 Å². The number of imide groups is 1. The molecule has 2 aromatic rings. The highest BCUT2D eigenvalue weighted by Crippen LogP contribution is 2.29. The Balaban J connectivity index is 1.70. The molecule has 8 nitrogen and oxygen atoms in total. The van der Waals surface area contributed by atoms with Crippen molar-refractivity contribution in [1.82, 2.24) is 10.4 Å². The van der Waals surface area contributed by atoms with E-state index in [-0.39, 0.29) is 16.9 Å². The lowest BCUT2D eigenvalue weighted by molar-refractivity contribution is -0.385. The van der Waals surface area contributed by atoms with E-state index < -0.39 is 28.3 Å². The van der Waals surface area contributed by atoms with Crippen molar-refractivity contribution in [3.8, 4) is 0 Å². The number of rotatable bonds is 5. The predicted molar refractivity (Wildman–Crippen MR) is 93.9 cm³/mol. The zero-order valence-electron chi connectivity index (χ0n) is 13.0. The van der Waals surface area contributed by atoms with Gasteiger partial charge < -0.3 is 0 Å². The van der Waals surface area contributed by atoms with E-state index >= 15 is 0 Å². The summed E-state index contributed by atoms with van der Waals surface area (Å²) in [5, 5.41) is 12.1. The van der Waals surface area contributed by atoms with Crippen LogP contribution in [0.4, 0.5) is 5.69 Å². The van der Waals surface area contributed by atoms with Crippen LogP contribution in [0.1, 0.15) is 20.7 Å². The molecule has 0 aromatic heterocycles. The van der Waals surface area contributed by atoms with Crippen LogP contribution in [0.25, 0.3) is 0 Å². The molecule has 3 amide bonds. The number of carbonyl (C=O) groups excluding carboxylic acids is 3. The second-order valence-corrected chi connectivity index (χ2v) is 6.67. The molecule has 0 spiro atoms. The van der Waals surface area contributed by atoms with Crippen molar-refractivity contribution in [2.24, 2.45) is 0 Å². The van der Waals surface area contributed by atoms with Crippen molar-refractivity contribution >= 4 is 46.8 Å². The molecule has 132 valence electrons. The van der Waals surface area contributed by atoms with E-state index in [1.54, 1.807) is 24.3 Å². The molecule has 0 unspecified atom stereocenters. The average molecular weight is 392 g/mol. The number of thioether (sulfide) groups is 1. The highest BCUT2D eigenvalue weighted by atomic mass is 35.5. The zero-order valence-corrected chi connectivity index (χ0v) is 14.5. The van der Waals surface area contributed by atoms with E-state index in [1.165, 1.54) is 23.9 Å². The summed E-state index contributed by atoms with van der Waals surface area (Å²) in [6, 6.07) is 10.5. The van der Waals surface area contributed by atoms with Crippen LogP contribution in [0.3, 0.4) is 0 Å². The lowest BCUT2D eigenvalue weighted by atomic mass is 10.1. The Morgan fingerprint density at radius 2 is 1.85 bits per heavy atom. The fraction of sp³-hybridized carbons (Fsp3) is 0.0625. The lowest BCUT2D eigenvalue weighted by Crippen LogP contribution is -2.46. The summed E-state index contributed by atoms with van der Waals surface area (Å²) in [5.41, 5.74) is 1.28. The molecule has 0 aliphatic carbocycles. The van der Waals surface area contributed by atoms with Crippen LogP contribution < -0.4 is 5.43 Å². The van der Waals surface area contributed by atoms with Gasteiger partial charge in [0.1, 0.15) is 5.56 Å². The zero-order chi connectivity index (χ0) is 18.8. The minimum Gasteiger partial charge on any atom is -0.272 e. The average Bonchev–Trinajstić information content (AvgIpc) is 2.86. The number of nitro benzene ring substituents is 1. The van der Waals surface area contributed by atoms with Crippen LogP contribution in [0.15, 0.2) is 47.4 Å². The maximum absolute atomic E-state index is 12.3. The number of halogens is 1. The highest BCUT2D eigenvalue weighted by Gasteiger charge is 2.42. The van der Waals surface area contributed by atoms with Crippen LogP contribution in [0.5, 0.6) is 0 Å². The summed E-state index contributed by atoms with van der Waals surface area (Å²) in [6.45, 7) is 0. The summed E-state index contributed by atoms with van der Waals surface area (Å²) in [7, 11) is 0. The van der Waals surface area contributed by atoms with Crippen molar-refractivity contribution in [1.29, 1.82) is 0 Å². The molecule has 26 heavy (non-hydrogen) atoms. The largest absolute Gasteiger partial charge is 0.287 e. The molecular formula is C16H10ClN3O5S. The van der Waals surface area contributed by atoms with Gasteiger partial charge in [-0.25, -0.2) is 0 Å². The normalized spacial score (nSPS) is 12.9. The van der Waals surface area contributed by atoms with Crippen LogP contribution >= 0.6 is 23.4 Å². The van der Waals surface area contributed by atoms with E-state index in [0.717, 1.165) is 11.0 Å². The van der Waals surface area contributed by atoms with Gasteiger partial charge in [-0.05, 0) is 30.3 Å². The Kier molecular flexibility index (Phi) is 4.92. The lowest BCUT2D eigenvalue weighted by Gasteiger charge is -2.14. The Labute approximate surface area is 156 Å². The summed E-state index contributed by atoms with van der Waals surface area (Å²) >= 11 is 6.97. The van der Waals surface area contributed by atoms with Crippen LogP contribution in [0.2, 0.25) is 5.02 Å². The maximum atomic E-state index is 12.3. The van der Waals surface area contributed by atoms with Gasteiger partial charge in [0.05, 0.1) is 16.2 Å². The third kappa shape index (κ3) is 3.39. The number of nitrogens with zero attached hydrogens (tertiary/aromatic N) is 2. The van der Waals surface area contributed by atoms with Crippen molar-refractivity contribution in [2.75, 3.05) is 5.75 Å². The second kappa shape index (κ2) is 7.14. The van der Waals surface area contributed by atoms with Gasteiger partial charge in [0.25, 0.3) is 17.5 Å². The van der Waals surface area contributed by atoms with E-state index in [9.17, 15) is 24.5 Å². The van der Waals surface area contributed by atoms with Crippen LogP contribution in [0, 0.1) is 10.1 Å². The standard InChI is InChI=1S/C16H10ClN3O5S/c17-9-4-6-10(7-5-9)26-8-13(21)18-19-15(22)11-2-1-3-12(20(24)25)14(11)16(19)23/h1-7H,8H2,(H,18,21). The van der Waals surface area contributed by atoms with Crippen molar-refractivity contribution < 1.29 is 19.3 Å². The molecule has 0 atom stereocenters. The molecule has 0 bridgehead atoms. The van der Waals surface area contributed by atoms with Crippen molar-refractivity contribution in [3.63, 3.8) is 0 Å². The minimum atomic E-state index is -0.929.